The van der Waals surface area contributed by atoms with Crippen LogP contribution in [0, 0.1) is 0 Å². The van der Waals surface area contributed by atoms with Gasteiger partial charge in [0, 0.05) is 12.6 Å². The van der Waals surface area contributed by atoms with Crippen LogP contribution in [0.15, 0.2) is 53.6 Å². The first-order valence-electron chi connectivity index (χ1n) is 7.39. The fourth-order valence-corrected chi connectivity index (χ4v) is 2.17. The van der Waals surface area contributed by atoms with E-state index >= 15 is 0 Å². The van der Waals surface area contributed by atoms with E-state index in [0.29, 0.717) is 11.3 Å². The third-order valence-corrected chi connectivity index (χ3v) is 3.28. The largest absolute Gasteiger partial charge is 0.418 e. The first kappa shape index (κ1) is 19.4. The number of anilines is 2. The number of carbonyl (C=O) groups excluding carboxylic acids is 1. The number of para-hydroxylation sites is 1. The molecule has 1 amide bonds. The van der Waals surface area contributed by atoms with Gasteiger partial charge < -0.3 is 10.6 Å². The van der Waals surface area contributed by atoms with Gasteiger partial charge >= 0.3 is 6.18 Å². The maximum atomic E-state index is 12.9. The molecule has 2 aromatic carbocycles. The SMILES string of the molecule is CC(=O)Nc1ccc(/C=N/NC(=S)Nc2ccccc2C(F)(F)F)cc1. The molecule has 0 radical (unpaired) electrons. The van der Waals surface area contributed by atoms with E-state index in [1.54, 1.807) is 24.3 Å². The van der Waals surface area contributed by atoms with Gasteiger partial charge in [0.15, 0.2) is 5.11 Å². The summed E-state index contributed by atoms with van der Waals surface area (Å²) in [6.45, 7) is 1.41. The van der Waals surface area contributed by atoms with Crippen molar-refractivity contribution in [3.8, 4) is 0 Å². The number of hydrogen-bond acceptors (Lipinski definition) is 3. The molecule has 0 saturated carbocycles. The summed E-state index contributed by atoms with van der Waals surface area (Å²) in [5.74, 6) is -0.177. The smallest absolute Gasteiger partial charge is 0.331 e. The second-order valence-corrected chi connectivity index (χ2v) is 5.58. The van der Waals surface area contributed by atoms with Crippen molar-refractivity contribution in [2.45, 2.75) is 13.1 Å². The second-order valence-electron chi connectivity index (χ2n) is 5.17. The fourth-order valence-electron chi connectivity index (χ4n) is 2.01. The van der Waals surface area contributed by atoms with Crippen LogP contribution in [0.4, 0.5) is 24.5 Å². The minimum Gasteiger partial charge on any atom is -0.331 e. The van der Waals surface area contributed by atoms with E-state index in [4.69, 9.17) is 12.2 Å². The van der Waals surface area contributed by atoms with Crippen molar-refractivity contribution in [2.75, 3.05) is 10.6 Å². The van der Waals surface area contributed by atoms with Gasteiger partial charge in [-0.2, -0.15) is 18.3 Å². The number of nitrogens with zero attached hydrogens (tertiary/aromatic N) is 1. The second kappa shape index (κ2) is 8.43. The summed E-state index contributed by atoms with van der Waals surface area (Å²) in [6, 6.07) is 11.8. The molecule has 0 fully saturated rings. The number of hydrogen-bond donors (Lipinski definition) is 3. The molecule has 0 aliphatic heterocycles. The van der Waals surface area contributed by atoms with Crippen LogP contribution in [0.3, 0.4) is 0 Å². The molecule has 3 N–H and O–H groups in total. The Bertz CT molecular complexity index is 820. The molecule has 9 heteroatoms. The third-order valence-electron chi connectivity index (χ3n) is 3.09. The average molecular weight is 380 g/mol. The van der Waals surface area contributed by atoms with Crippen molar-refractivity contribution >= 4 is 40.8 Å². The van der Waals surface area contributed by atoms with E-state index in [1.165, 1.54) is 31.3 Å². The van der Waals surface area contributed by atoms with Gasteiger partial charge in [0.2, 0.25) is 5.91 Å². The lowest BCUT2D eigenvalue weighted by Crippen LogP contribution is -2.25. The normalized spacial score (nSPS) is 11.2. The molecule has 0 spiro atoms. The molecule has 2 aromatic rings. The number of thiocarbonyl (C=S) groups is 1. The van der Waals surface area contributed by atoms with Crippen LogP contribution in [0.2, 0.25) is 0 Å². The van der Waals surface area contributed by atoms with Crippen LogP contribution in [0.5, 0.6) is 0 Å². The first-order chi connectivity index (χ1) is 12.3. The van der Waals surface area contributed by atoms with Crippen molar-refractivity contribution in [1.82, 2.24) is 5.43 Å². The average Bonchev–Trinajstić information content (AvgIpc) is 2.55. The zero-order valence-corrected chi connectivity index (χ0v) is 14.4. The summed E-state index contributed by atoms with van der Waals surface area (Å²) < 4.78 is 38.8. The van der Waals surface area contributed by atoms with Crippen LogP contribution in [-0.2, 0) is 11.0 Å². The van der Waals surface area contributed by atoms with E-state index in [9.17, 15) is 18.0 Å². The molecule has 0 heterocycles. The van der Waals surface area contributed by atoms with E-state index in [2.05, 4.69) is 21.2 Å². The standard InChI is InChI=1S/C17H15F3N4OS/c1-11(25)22-13-8-6-12(7-9-13)10-21-24-16(26)23-15-5-3-2-4-14(15)17(18,19)20/h2-10H,1H3,(H,22,25)(H2,23,24,26)/b21-10+. The van der Waals surface area contributed by atoms with Crippen LogP contribution in [-0.4, -0.2) is 17.2 Å². The van der Waals surface area contributed by atoms with Crippen LogP contribution in [0.1, 0.15) is 18.1 Å². The minimum atomic E-state index is -4.49. The Hall–Kier alpha value is -2.94. The summed E-state index contributed by atoms with van der Waals surface area (Å²) in [5.41, 5.74) is 2.84. The lowest BCUT2D eigenvalue weighted by molar-refractivity contribution is -0.136. The molecule has 0 unspecified atom stereocenters. The van der Waals surface area contributed by atoms with Gasteiger partial charge in [-0.1, -0.05) is 24.3 Å². The van der Waals surface area contributed by atoms with Crippen molar-refractivity contribution in [1.29, 1.82) is 0 Å². The molecule has 2 rings (SSSR count). The molecule has 0 atom stereocenters. The molecule has 26 heavy (non-hydrogen) atoms. The Morgan fingerprint density at radius 3 is 2.35 bits per heavy atom. The number of rotatable bonds is 4. The van der Waals surface area contributed by atoms with E-state index in [0.717, 1.165) is 6.07 Å². The topological polar surface area (TPSA) is 65.5 Å². The molecule has 0 bridgehead atoms. The zero-order chi connectivity index (χ0) is 19.2. The molecular weight excluding hydrogens is 365 g/mol. The van der Waals surface area contributed by atoms with Gasteiger partial charge in [0.05, 0.1) is 17.5 Å². The Morgan fingerprint density at radius 2 is 1.73 bits per heavy atom. The van der Waals surface area contributed by atoms with Crippen LogP contribution in [0.25, 0.3) is 0 Å². The van der Waals surface area contributed by atoms with Crippen LogP contribution >= 0.6 is 12.2 Å². The van der Waals surface area contributed by atoms with Crippen molar-refractivity contribution in [3.05, 3.63) is 59.7 Å². The molecule has 136 valence electrons. The number of benzene rings is 2. The molecular formula is C17H15F3N4OS. The molecule has 0 saturated heterocycles. The zero-order valence-electron chi connectivity index (χ0n) is 13.6. The summed E-state index contributed by atoms with van der Waals surface area (Å²) in [4.78, 5) is 10.9. The number of alkyl halides is 3. The maximum Gasteiger partial charge on any atom is 0.418 e. The lowest BCUT2D eigenvalue weighted by atomic mass is 10.2. The molecule has 0 aromatic heterocycles. The highest BCUT2D eigenvalue weighted by Gasteiger charge is 2.33. The Kier molecular flexibility index (Phi) is 6.29. The van der Waals surface area contributed by atoms with Crippen molar-refractivity contribution in [3.63, 3.8) is 0 Å². The van der Waals surface area contributed by atoms with E-state index in [1.807, 2.05) is 0 Å². The Morgan fingerprint density at radius 1 is 1.08 bits per heavy atom. The highest BCUT2D eigenvalue weighted by atomic mass is 32.1. The quantitative estimate of drug-likeness (QED) is 0.426. The summed E-state index contributed by atoms with van der Waals surface area (Å²) in [7, 11) is 0. The highest BCUT2D eigenvalue weighted by molar-refractivity contribution is 7.80. The summed E-state index contributed by atoms with van der Waals surface area (Å²) in [6.07, 6.45) is -3.04. The van der Waals surface area contributed by atoms with Gasteiger partial charge in [0.1, 0.15) is 0 Å². The number of nitrogens with one attached hydrogen (secondary N) is 3. The van der Waals surface area contributed by atoms with Gasteiger partial charge in [0.25, 0.3) is 0 Å². The minimum absolute atomic E-state index is 0.0761. The van der Waals surface area contributed by atoms with Gasteiger partial charge in [-0.25, -0.2) is 0 Å². The van der Waals surface area contributed by atoms with E-state index in [-0.39, 0.29) is 16.7 Å². The number of amides is 1. The highest BCUT2D eigenvalue weighted by Crippen LogP contribution is 2.34. The maximum absolute atomic E-state index is 12.9. The summed E-state index contributed by atoms with van der Waals surface area (Å²) >= 11 is 4.95. The lowest BCUT2D eigenvalue weighted by Gasteiger charge is -2.14. The van der Waals surface area contributed by atoms with Gasteiger partial charge in [-0.15, -0.1) is 0 Å². The Balaban J connectivity index is 1.95. The predicted molar refractivity (Wildman–Crippen MR) is 99.1 cm³/mol. The number of halogens is 3. The van der Waals surface area contributed by atoms with Gasteiger partial charge in [-0.3, -0.25) is 10.2 Å². The van der Waals surface area contributed by atoms with Crippen LogP contribution < -0.4 is 16.1 Å². The number of carbonyl (C=O) groups is 1. The molecule has 5 nitrogen and oxygen atoms in total. The van der Waals surface area contributed by atoms with E-state index < -0.39 is 11.7 Å². The Labute approximate surface area is 153 Å². The first-order valence-corrected chi connectivity index (χ1v) is 7.80. The molecule has 0 aliphatic carbocycles. The fraction of sp³-hybridized carbons (Fsp3) is 0.118. The third kappa shape index (κ3) is 5.85. The van der Waals surface area contributed by atoms with Gasteiger partial charge in [-0.05, 0) is 42.0 Å². The molecule has 0 aliphatic rings. The monoisotopic (exact) mass is 380 g/mol. The summed E-state index contributed by atoms with van der Waals surface area (Å²) in [5, 5.41) is 8.90. The van der Waals surface area contributed by atoms with Crippen molar-refractivity contribution < 1.29 is 18.0 Å². The number of hydrazone groups is 1. The predicted octanol–water partition coefficient (Wildman–Crippen LogP) is 3.98. The van der Waals surface area contributed by atoms with Crippen molar-refractivity contribution in [2.24, 2.45) is 5.10 Å².